The number of carbonyl (C=O) groups excluding carboxylic acids is 1. The van der Waals surface area contributed by atoms with Crippen molar-refractivity contribution in [3.63, 3.8) is 0 Å². The van der Waals surface area contributed by atoms with Gasteiger partial charge in [-0.25, -0.2) is 4.39 Å². The average molecular weight is 317 g/mol. The first-order chi connectivity index (χ1) is 10.7. The fourth-order valence-corrected chi connectivity index (χ4v) is 5.12. The van der Waals surface area contributed by atoms with Gasteiger partial charge < -0.3 is 4.90 Å². The van der Waals surface area contributed by atoms with Gasteiger partial charge in [-0.05, 0) is 42.9 Å². The Hall–Kier alpha value is -1.42. The third-order valence-electron chi connectivity index (χ3n) is 5.30. The predicted octanol–water partition coefficient (Wildman–Crippen LogP) is 4.69. The van der Waals surface area contributed by atoms with E-state index in [1.807, 2.05) is 11.0 Å². The molecule has 2 aromatic rings. The highest BCUT2D eigenvalue weighted by Crippen LogP contribution is 2.37. The lowest BCUT2D eigenvalue weighted by molar-refractivity contribution is 0.0525. The highest BCUT2D eigenvalue weighted by molar-refractivity contribution is 7.20. The van der Waals surface area contributed by atoms with Gasteiger partial charge in [-0.2, -0.15) is 0 Å². The zero-order valence-electron chi connectivity index (χ0n) is 12.6. The van der Waals surface area contributed by atoms with E-state index >= 15 is 0 Å². The van der Waals surface area contributed by atoms with Crippen LogP contribution in [0.4, 0.5) is 4.39 Å². The van der Waals surface area contributed by atoms with Crippen LogP contribution in [-0.2, 0) is 0 Å². The molecule has 4 rings (SSSR count). The molecule has 2 fully saturated rings. The van der Waals surface area contributed by atoms with Crippen LogP contribution in [0.2, 0.25) is 0 Å². The molecule has 1 aliphatic carbocycles. The third kappa shape index (κ3) is 2.43. The average Bonchev–Trinajstić information content (AvgIpc) is 2.99. The van der Waals surface area contributed by atoms with E-state index in [-0.39, 0.29) is 11.7 Å². The van der Waals surface area contributed by atoms with Crippen molar-refractivity contribution in [2.24, 2.45) is 11.8 Å². The molecule has 22 heavy (non-hydrogen) atoms. The molecular weight excluding hydrogens is 297 g/mol. The number of halogens is 1. The van der Waals surface area contributed by atoms with Crippen LogP contribution < -0.4 is 0 Å². The summed E-state index contributed by atoms with van der Waals surface area (Å²) in [5, 5.41) is 0.573. The minimum absolute atomic E-state index is 0.0876. The highest BCUT2D eigenvalue weighted by Gasteiger charge is 2.33. The molecule has 1 aliphatic heterocycles. The Kier molecular flexibility index (Phi) is 3.65. The third-order valence-corrected chi connectivity index (χ3v) is 6.39. The van der Waals surface area contributed by atoms with Gasteiger partial charge in [-0.1, -0.05) is 25.3 Å². The quantitative estimate of drug-likeness (QED) is 0.747. The van der Waals surface area contributed by atoms with Gasteiger partial charge in [0.05, 0.1) is 4.88 Å². The van der Waals surface area contributed by atoms with Crippen molar-refractivity contribution in [2.45, 2.75) is 32.1 Å². The molecule has 4 heteroatoms. The normalized spacial score (nSPS) is 25.2. The monoisotopic (exact) mass is 317 g/mol. The highest BCUT2D eigenvalue weighted by atomic mass is 32.1. The van der Waals surface area contributed by atoms with E-state index in [0.29, 0.717) is 16.2 Å². The number of nitrogens with zero attached hydrogens (tertiary/aromatic N) is 1. The first-order valence-electron chi connectivity index (χ1n) is 8.20. The van der Waals surface area contributed by atoms with Gasteiger partial charge in [0.2, 0.25) is 0 Å². The van der Waals surface area contributed by atoms with Crippen LogP contribution in [0.15, 0.2) is 24.3 Å². The fraction of sp³-hybridized carbons (Fsp3) is 0.500. The van der Waals surface area contributed by atoms with Crippen LogP contribution >= 0.6 is 11.3 Å². The molecule has 1 saturated heterocycles. The van der Waals surface area contributed by atoms with Crippen LogP contribution in [0.1, 0.15) is 41.8 Å². The second-order valence-electron chi connectivity index (χ2n) is 6.61. The van der Waals surface area contributed by atoms with E-state index in [2.05, 4.69) is 0 Å². The number of likely N-dealkylation sites (tertiary alicyclic amines) is 1. The van der Waals surface area contributed by atoms with Crippen molar-refractivity contribution in [1.29, 1.82) is 0 Å². The molecule has 2 atom stereocenters. The summed E-state index contributed by atoms with van der Waals surface area (Å²) < 4.78 is 14.7. The molecule has 1 aromatic heterocycles. The molecule has 0 bridgehead atoms. The Balaban J connectivity index is 1.56. The number of benzene rings is 1. The van der Waals surface area contributed by atoms with Gasteiger partial charge in [0.15, 0.2) is 0 Å². The van der Waals surface area contributed by atoms with Gasteiger partial charge in [0.1, 0.15) is 5.82 Å². The van der Waals surface area contributed by atoms with E-state index in [1.165, 1.54) is 43.1 Å². The molecule has 1 saturated carbocycles. The Labute approximate surface area is 133 Å². The van der Waals surface area contributed by atoms with Crippen molar-refractivity contribution >= 4 is 27.3 Å². The summed E-state index contributed by atoms with van der Waals surface area (Å²) in [5.41, 5.74) is 0. The lowest BCUT2D eigenvalue weighted by Gasteiger charge is -2.41. The number of amides is 1. The number of carbonyl (C=O) groups is 1. The topological polar surface area (TPSA) is 20.3 Å². The summed E-state index contributed by atoms with van der Waals surface area (Å²) in [6.45, 7) is 1.75. The number of hydrogen-bond donors (Lipinski definition) is 0. The molecule has 0 unspecified atom stereocenters. The molecule has 0 radical (unpaired) electrons. The largest absolute Gasteiger partial charge is 0.338 e. The van der Waals surface area contributed by atoms with Crippen LogP contribution in [0.25, 0.3) is 10.1 Å². The molecule has 0 N–H and O–H groups in total. The minimum Gasteiger partial charge on any atom is -0.338 e. The molecule has 1 aromatic carbocycles. The summed E-state index contributed by atoms with van der Waals surface area (Å²) in [4.78, 5) is 15.4. The van der Waals surface area contributed by atoms with Gasteiger partial charge in [-0.15, -0.1) is 11.3 Å². The number of thiophene rings is 1. The molecule has 2 aliphatic rings. The second kappa shape index (κ2) is 5.65. The smallest absolute Gasteiger partial charge is 0.263 e. The van der Waals surface area contributed by atoms with Crippen LogP contribution in [0, 0.1) is 17.7 Å². The van der Waals surface area contributed by atoms with Crippen molar-refractivity contribution in [3.8, 4) is 0 Å². The van der Waals surface area contributed by atoms with E-state index < -0.39 is 0 Å². The summed E-state index contributed by atoms with van der Waals surface area (Å²) in [6, 6.07) is 6.77. The maximum Gasteiger partial charge on any atom is 0.263 e. The van der Waals surface area contributed by atoms with Crippen molar-refractivity contribution in [2.75, 3.05) is 13.1 Å². The predicted molar refractivity (Wildman–Crippen MR) is 87.8 cm³/mol. The fourth-order valence-electron chi connectivity index (χ4n) is 4.07. The first-order valence-corrected chi connectivity index (χ1v) is 9.01. The van der Waals surface area contributed by atoms with Gasteiger partial charge in [-0.3, -0.25) is 4.79 Å². The van der Waals surface area contributed by atoms with E-state index in [4.69, 9.17) is 0 Å². The Morgan fingerprint density at radius 2 is 2.00 bits per heavy atom. The molecule has 2 heterocycles. The molecule has 1 amide bonds. The first kappa shape index (κ1) is 14.2. The molecule has 0 spiro atoms. The van der Waals surface area contributed by atoms with Gasteiger partial charge in [0, 0.05) is 23.2 Å². The summed E-state index contributed by atoms with van der Waals surface area (Å²) in [6.07, 6.45) is 6.38. The summed E-state index contributed by atoms with van der Waals surface area (Å²) in [7, 11) is 0. The summed E-state index contributed by atoms with van der Waals surface area (Å²) >= 11 is 1.41. The van der Waals surface area contributed by atoms with E-state index in [9.17, 15) is 9.18 Å². The zero-order valence-corrected chi connectivity index (χ0v) is 13.4. The number of rotatable bonds is 1. The maximum atomic E-state index is 13.8. The van der Waals surface area contributed by atoms with Gasteiger partial charge in [0.25, 0.3) is 5.91 Å². The van der Waals surface area contributed by atoms with E-state index in [1.54, 1.807) is 12.1 Å². The Morgan fingerprint density at radius 1 is 1.18 bits per heavy atom. The molecule has 2 nitrogen and oxygen atoms in total. The number of hydrogen-bond acceptors (Lipinski definition) is 2. The Morgan fingerprint density at radius 3 is 2.82 bits per heavy atom. The lowest BCUT2D eigenvalue weighted by Crippen LogP contribution is -2.44. The molecule has 116 valence electrons. The zero-order chi connectivity index (χ0) is 15.1. The van der Waals surface area contributed by atoms with Crippen LogP contribution in [0.5, 0.6) is 0 Å². The maximum absolute atomic E-state index is 13.8. The van der Waals surface area contributed by atoms with E-state index in [0.717, 1.165) is 30.1 Å². The standard InChI is InChI=1S/C18H20FNOS/c19-15-6-3-7-16-14(15)10-17(22-16)18(21)20-9-8-12-4-1-2-5-13(12)11-20/h3,6-7,10,12-13H,1-2,4-5,8-9,11H2/t12-,13-/m0/s1. The number of fused-ring (bicyclic) bond motifs is 2. The Bertz CT molecular complexity index is 710. The SMILES string of the molecule is O=C(c1cc2c(F)cccc2s1)N1CC[C@@H]2CCCC[C@H]2C1. The van der Waals surface area contributed by atoms with Crippen molar-refractivity contribution in [3.05, 3.63) is 35.0 Å². The lowest BCUT2D eigenvalue weighted by atomic mass is 9.75. The van der Waals surface area contributed by atoms with Crippen LogP contribution in [-0.4, -0.2) is 23.9 Å². The molecular formula is C18H20FNOS. The minimum atomic E-state index is -0.237. The van der Waals surface area contributed by atoms with Gasteiger partial charge >= 0.3 is 0 Å². The second-order valence-corrected chi connectivity index (χ2v) is 7.69. The van der Waals surface area contributed by atoms with Crippen molar-refractivity contribution < 1.29 is 9.18 Å². The van der Waals surface area contributed by atoms with Crippen molar-refractivity contribution in [1.82, 2.24) is 4.90 Å². The summed E-state index contributed by atoms with van der Waals surface area (Å²) in [5.74, 6) is 1.35. The van der Waals surface area contributed by atoms with Crippen LogP contribution in [0.3, 0.4) is 0 Å². The number of piperidine rings is 1.